The molecule has 0 amide bonds. The minimum absolute atomic E-state index is 0.249. The lowest BCUT2D eigenvalue weighted by molar-refractivity contribution is -0.502. The second-order valence-electron chi connectivity index (χ2n) is 2.93. The average Bonchev–Trinajstić information content (AvgIpc) is 1.83. The topological polar surface area (TPSA) is 83.6 Å². The van der Waals surface area contributed by atoms with E-state index in [0.29, 0.717) is 0 Å². The average molecular weight is 163 g/mol. The Hall–Kier alpha value is -0.680. The number of nitrogens with zero attached hydrogens (tertiary/aromatic N) is 1. The molecule has 0 aliphatic carbocycles. The fraction of sp³-hybridized carbons (Fsp3) is 1.00. The summed E-state index contributed by atoms with van der Waals surface area (Å²) in [6.07, 6.45) is 0. The lowest BCUT2D eigenvalue weighted by Crippen LogP contribution is -2.41. The van der Waals surface area contributed by atoms with Crippen LogP contribution in [0.2, 0.25) is 0 Å². The Balaban J connectivity index is 4.08. The van der Waals surface area contributed by atoms with Gasteiger partial charge in [-0.15, -0.1) is 0 Å². The lowest BCUT2D eigenvalue weighted by Gasteiger charge is -2.24. The van der Waals surface area contributed by atoms with Gasteiger partial charge in [-0.3, -0.25) is 10.1 Å². The molecular formula is C6H13NO4. The number of aliphatic hydroxyl groups excluding tert-OH is 1. The second-order valence-corrected chi connectivity index (χ2v) is 2.93. The Kier molecular flexibility index (Phi) is 3.41. The number of nitro groups is 1. The fourth-order valence-electron chi connectivity index (χ4n) is 0.614. The van der Waals surface area contributed by atoms with Crippen molar-refractivity contribution in [1.29, 1.82) is 0 Å². The Morgan fingerprint density at radius 1 is 1.73 bits per heavy atom. The molecule has 0 aromatic carbocycles. The highest BCUT2D eigenvalue weighted by Gasteiger charge is 2.33. The van der Waals surface area contributed by atoms with E-state index < -0.39 is 23.0 Å². The first-order chi connectivity index (χ1) is 4.90. The molecule has 5 heteroatoms. The maximum Gasteiger partial charge on any atom is 0.232 e. The zero-order valence-electron chi connectivity index (χ0n) is 6.65. The summed E-state index contributed by atoms with van der Waals surface area (Å²) in [5.74, 6) is -0.479. The van der Waals surface area contributed by atoms with Gasteiger partial charge in [0.1, 0.15) is 5.60 Å². The van der Waals surface area contributed by atoms with E-state index >= 15 is 0 Å². The third kappa shape index (κ3) is 3.29. The summed E-state index contributed by atoms with van der Waals surface area (Å²) in [6, 6.07) is 0. The van der Waals surface area contributed by atoms with Gasteiger partial charge in [0.05, 0.1) is 0 Å². The molecule has 0 spiro atoms. The van der Waals surface area contributed by atoms with Crippen LogP contribution in [0.5, 0.6) is 0 Å². The van der Waals surface area contributed by atoms with Crippen LogP contribution in [-0.2, 0) is 0 Å². The predicted octanol–water partition coefficient (Wildman–Crippen LogP) is -0.358. The van der Waals surface area contributed by atoms with E-state index in [0.717, 1.165) is 0 Å². The van der Waals surface area contributed by atoms with E-state index in [1.807, 2.05) is 0 Å². The van der Waals surface area contributed by atoms with Gasteiger partial charge in [-0.1, -0.05) is 6.92 Å². The van der Waals surface area contributed by atoms with E-state index in [1.54, 1.807) is 6.92 Å². The molecule has 0 rings (SSSR count). The Morgan fingerprint density at radius 3 is 2.45 bits per heavy atom. The van der Waals surface area contributed by atoms with Crippen molar-refractivity contribution in [3.8, 4) is 0 Å². The SMILES string of the molecule is CC(CO)C(C)(O)C[N+](=O)[O-]. The van der Waals surface area contributed by atoms with Crippen molar-refractivity contribution in [2.75, 3.05) is 13.2 Å². The van der Waals surface area contributed by atoms with Gasteiger partial charge in [0.2, 0.25) is 6.54 Å². The van der Waals surface area contributed by atoms with Gasteiger partial charge in [-0.05, 0) is 6.92 Å². The van der Waals surface area contributed by atoms with Gasteiger partial charge in [0.25, 0.3) is 0 Å². The van der Waals surface area contributed by atoms with Crippen LogP contribution in [0, 0.1) is 16.0 Å². The Morgan fingerprint density at radius 2 is 2.18 bits per heavy atom. The molecule has 0 aromatic rings. The Bertz CT molecular complexity index is 146. The van der Waals surface area contributed by atoms with Crippen molar-refractivity contribution < 1.29 is 15.1 Å². The van der Waals surface area contributed by atoms with Gasteiger partial charge in [-0.2, -0.15) is 0 Å². The molecular weight excluding hydrogens is 150 g/mol. The largest absolute Gasteiger partial charge is 0.396 e. The molecule has 66 valence electrons. The maximum atomic E-state index is 10.00. The van der Waals surface area contributed by atoms with E-state index in [2.05, 4.69) is 0 Å². The highest BCUT2D eigenvalue weighted by atomic mass is 16.6. The van der Waals surface area contributed by atoms with Crippen LogP contribution >= 0.6 is 0 Å². The third-order valence-corrected chi connectivity index (χ3v) is 1.78. The molecule has 0 aliphatic rings. The molecule has 2 unspecified atom stereocenters. The highest BCUT2D eigenvalue weighted by molar-refractivity contribution is 4.77. The van der Waals surface area contributed by atoms with Gasteiger partial charge < -0.3 is 10.2 Å². The summed E-state index contributed by atoms with van der Waals surface area (Å²) in [5.41, 5.74) is -1.42. The maximum absolute atomic E-state index is 10.00. The van der Waals surface area contributed by atoms with Crippen LogP contribution in [0.3, 0.4) is 0 Å². The van der Waals surface area contributed by atoms with E-state index in [-0.39, 0.29) is 6.61 Å². The van der Waals surface area contributed by atoms with Crippen molar-refractivity contribution in [3.05, 3.63) is 10.1 Å². The number of hydrogen-bond donors (Lipinski definition) is 2. The van der Waals surface area contributed by atoms with Gasteiger partial charge in [0, 0.05) is 17.4 Å². The minimum atomic E-state index is -1.42. The summed E-state index contributed by atoms with van der Waals surface area (Å²) in [5, 5.41) is 28.0. The predicted molar refractivity (Wildman–Crippen MR) is 38.7 cm³/mol. The summed E-state index contributed by atoms with van der Waals surface area (Å²) in [7, 11) is 0. The van der Waals surface area contributed by atoms with E-state index in [4.69, 9.17) is 5.11 Å². The normalized spacial score (nSPS) is 18.9. The molecule has 2 N–H and O–H groups in total. The van der Waals surface area contributed by atoms with Crippen LogP contribution in [0.25, 0.3) is 0 Å². The Labute approximate surface area is 64.8 Å². The van der Waals surface area contributed by atoms with Crippen LogP contribution in [0.15, 0.2) is 0 Å². The monoisotopic (exact) mass is 163 g/mol. The molecule has 0 bridgehead atoms. The molecule has 0 fully saturated rings. The molecule has 0 heterocycles. The van der Waals surface area contributed by atoms with Gasteiger partial charge in [0.15, 0.2) is 0 Å². The summed E-state index contributed by atoms with van der Waals surface area (Å²) in [6.45, 7) is 2.12. The standard InChI is InChI=1S/C6H13NO4/c1-5(3-8)6(2,9)4-7(10)11/h5,8-9H,3-4H2,1-2H3. The summed E-state index contributed by atoms with van der Waals surface area (Å²) < 4.78 is 0. The van der Waals surface area contributed by atoms with Crippen molar-refractivity contribution in [2.24, 2.45) is 5.92 Å². The highest BCUT2D eigenvalue weighted by Crippen LogP contribution is 2.15. The molecule has 5 nitrogen and oxygen atoms in total. The van der Waals surface area contributed by atoms with Crippen LogP contribution in [0.4, 0.5) is 0 Å². The van der Waals surface area contributed by atoms with Crippen LogP contribution in [0.1, 0.15) is 13.8 Å². The molecule has 0 aromatic heterocycles. The summed E-state index contributed by atoms with van der Waals surface area (Å²) in [4.78, 5) is 9.41. The molecule has 0 radical (unpaired) electrons. The first-order valence-corrected chi connectivity index (χ1v) is 3.35. The lowest BCUT2D eigenvalue weighted by atomic mass is 9.92. The summed E-state index contributed by atoms with van der Waals surface area (Å²) >= 11 is 0. The first-order valence-electron chi connectivity index (χ1n) is 3.35. The van der Waals surface area contributed by atoms with Gasteiger partial charge in [-0.25, -0.2) is 0 Å². The number of hydrogen-bond acceptors (Lipinski definition) is 4. The number of rotatable bonds is 4. The van der Waals surface area contributed by atoms with Crippen molar-refractivity contribution in [3.63, 3.8) is 0 Å². The molecule has 0 saturated carbocycles. The second kappa shape index (κ2) is 3.64. The van der Waals surface area contributed by atoms with Crippen LogP contribution < -0.4 is 0 Å². The molecule has 0 aliphatic heterocycles. The number of aliphatic hydroxyl groups is 2. The van der Waals surface area contributed by atoms with Crippen LogP contribution in [-0.4, -0.2) is 33.9 Å². The fourth-order valence-corrected chi connectivity index (χ4v) is 0.614. The minimum Gasteiger partial charge on any atom is -0.396 e. The third-order valence-electron chi connectivity index (χ3n) is 1.78. The molecule has 2 atom stereocenters. The van der Waals surface area contributed by atoms with E-state index in [1.165, 1.54) is 6.92 Å². The zero-order chi connectivity index (χ0) is 9.07. The smallest absolute Gasteiger partial charge is 0.232 e. The quantitative estimate of drug-likeness (QED) is 0.438. The van der Waals surface area contributed by atoms with E-state index in [9.17, 15) is 15.2 Å². The van der Waals surface area contributed by atoms with Crippen molar-refractivity contribution in [2.45, 2.75) is 19.4 Å². The molecule has 11 heavy (non-hydrogen) atoms. The van der Waals surface area contributed by atoms with Crippen molar-refractivity contribution in [1.82, 2.24) is 0 Å². The van der Waals surface area contributed by atoms with Crippen molar-refractivity contribution >= 4 is 0 Å². The molecule has 0 saturated heterocycles. The van der Waals surface area contributed by atoms with Gasteiger partial charge >= 0.3 is 0 Å². The zero-order valence-corrected chi connectivity index (χ0v) is 6.65. The first kappa shape index (κ1) is 10.3.